The van der Waals surface area contributed by atoms with Gasteiger partial charge in [-0.2, -0.15) is 0 Å². The van der Waals surface area contributed by atoms with Gasteiger partial charge in [0.05, 0.1) is 0 Å². The molecule has 0 spiro atoms. The summed E-state index contributed by atoms with van der Waals surface area (Å²) in [6, 6.07) is 0. The molecule has 0 aromatic rings. The Labute approximate surface area is 443 Å². The van der Waals surface area contributed by atoms with Crippen LogP contribution in [0.5, 0.6) is 0 Å². The van der Waals surface area contributed by atoms with E-state index in [0.29, 0.717) is 0 Å². The van der Waals surface area contributed by atoms with E-state index in [1.54, 1.807) is 0 Å². The smallest absolute Gasteiger partial charge is 1.00 e. The third kappa shape index (κ3) is 94.2. The van der Waals surface area contributed by atoms with Gasteiger partial charge < -0.3 is 66.9 Å². The Balaban J connectivity index is -0.000000120. The van der Waals surface area contributed by atoms with Crippen molar-refractivity contribution in [1.82, 2.24) is 0 Å². The van der Waals surface area contributed by atoms with Gasteiger partial charge in [-0.05, 0) is 116 Å². The van der Waals surface area contributed by atoms with Gasteiger partial charge >= 0.3 is 34.7 Å². The average Bonchev–Trinajstić information content (AvgIpc) is 3.22. The second-order valence-electron chi connectivity index (χ2n) is 17.1. The Bertz CT molecular complexity index is 850. The number of aliphatic carboxylic acids is 3. The van der Waals surface area contributed by atoms with E-state index in [0.717, 1.165) is 57.8 Å². The first kappa shape index (κ1) is 81.5. The summed E-state index contributed by atoms with van der Waals surface area (Å²) >= 11 is 0. The van der Waals surface area contributed by atoms with Crippen molar-refractivity contribution in [3.63, 3.8) is 0 Å². The van der Waals surface area contributed by atoms with Crippen molar-refractivity contribution < 1.29 is 102 Å². The molecule has 0 saturated heterocycles. The van der Waals surface area contributed by atoms with Gasteiger partial charge in [-0.1, -0.05) is 211 Å². The molecule has 0 aliphatic rings. The molecule has 65 heavy (non-hydrogen) atoms. The van der Waals surface area contributed by atoms with Crippen molar-refractivity contribution >= 4 is 17.9 Å². The van der Waals surface area contributed by atoms with Crippen LogP contribution in [-0.4, -0.2) is 17.9 Å². The molecular formula is C54H99Cl3Cr2O6. The van der Waals surface area contributed by atoms with Crippen molar-refractivity contribution in [2.24, 2.45) is 0 Å². The second-order valence-corrected chi connectivity index (χ2v) is 17.1. The molecule has 0 aliphatic carbocycles. The van der Waals surface area contributed by atoms with Crippen LogP contribution in [0.1, 0.15) is 290 Å². The summed E-state index contributed by atoms with van der Waals surface area (Å²) in [5, 5.41) is 30.6. The number of carboxylic acid groups (broad SMARTS) is 3. The van der Waals surface area contributed by atoms with Gasteiger partial charge in [0.2, 0.25) is 0 Å². The normalized spacial score (nSPS) is 10.4. The third-order valence-corrected chi connectivity index (χ3v) is 10.9. The van der Waals surface area contributed by atoms with E-state index in [1.807, 2.05) is 0 Å². The molecule has 0 aromatic heterocycles. The van der Waals surface area contributed by atoms with E-state index < -0.39 is 17.9 Å². The summed E-state index contributed by atoms with van der Waals surface area (Å²) in [6.45, 7) is 6.77. The predicted molar refractivity (Wildman–Crippen MR) is 253 cm³/mol. The van der Waals surface area contributed by atoms with Crippen LogP contribution in [0.15, 0.2) is 36.5 Å². The van der Waals surface area contributed by atoms with Crippen molar-refractivity contribution in [2.45, 2.75) is 290 Å². The van der Waals surface area contributed by atoms with Gasteiger partial charge in [0, 0.05) is 17.9 Å². The quantitative estimate of drug-likeness (QED) is 0.0602. The number of rotatable bonds is 45. The molecule has 0 atom stereocenters. The van der Waals surface area contributed by atoms with E-state index in [1.165, 1.54) is 193 Å². The van der Waals surface area contributed by atoms with E-state index in [9.17, 15) is 29.7 Å². The first-order valence-electron chi connectivity index (χ1n) is 25.9. The molecule has 384 valence electrons. The minimum absolute atomic E-state index is 0. The first-order chi connectivity index (χ1) is 29.3. The standard InChI is InChI=1S/3C18H34O2.3ClH.2Cr/c3*1-2-3-4-5-6-7-8-9-10-11-12-13-14-15-16-17-18(19)20;;;;;/h3*9-10H,2-8,11-17H2,1H3,(H,19,20);3*1H;;/q;;;;;;2*+3/p-6/b3*10-9-;;;;;. The molecule has 0 amide bonds. The van der Waals surface area contributed by atoms with Crippen LogP contribution in [0.2, 0.25) is 0 Å². The zero-order chi connectivity index (χ0) is 44.7. The van der Waals surface area contributed by atoms with Crippen LogP contribution in [0.25, 0.3) is 0 Å². The molecule has 6 nitrogen and oxygen atoms in total. The number of halogens is 3. The topological polar surface area (TPSA) is 120 Å². The fourth-order valence-corrected chi connectivity index (χ4v) is 7.02. The van der Waals surface area contributed by atoms with Gasteiger partial charge in [-0.25, -0.2) is 0 Å². The maximum absolute atomic E-state index is 10.2. The molecule has 0 heterocycles. The molecule has 11 heteroatoms. The molecule has 0 bridgehead atoms. The van der Waals surface area contributed by atoms with E-state index in [-0.39, 0.29) is 91.2 Å². The minimum Gasteiger partial charge on any atom is -1.00 e. The number of hydrogen-bond donors (Lipinski definition) is 0. The first-order valence-corrected chi connectivity index (χ1v) is 25.9. The Morgan fingerprint density at radius 2 is 0.400 bits per heavy atom. The zero-order valence-corrected chi connectivity index (χ0v) is 46.9. The monoisotopic (exact) mass is 1050 g/mol. The Morgan fingerprint density at radius 3 is 0.554 bits per heavy atom. The fraction of sp³-hybridized carbons (Fsp3) is 0.833. The van der Waals surface area contributed by atoms with Crippen molar-refractivity contribution in [1.29, 1.82) is 0 Å². The van der Waals surface area contributed by atoms with Crippen LogP contribution in [0.3, 0.4) is 0 Å². The number of carbonyl (C=O) groups excluding carboxylic acids is 3. The summed E-state index contributed by atoms with van der Waals surface area (Å²) in [7, 11) is 0. The number of carbonyl (C=O) groups is 3. The van der Waals surface area contributed by atoms with Crippen LogP contribution in [0, 0.1) is 0 Å². The van der Waals surface area contributed by atoms with E-state index in [4.69, 9.17) is 0 Å². The molecule has 0 fully saturated rings. The maximum Gasteiger partial charge on any atom is 3.00 e. The SMILES string of the molecule is CCCCCCCC/C=C\CCCCCCCC(=O)[O-].CCCCCCCC/C=C\CCCCCCCC(=O)[O-].CCCCCCCC/C=C\CCCCCCCC(=O)[O-].[Cl-].[Cl-].[Cl-].[Cr+3].[Cr+3]. The van der Waals surface area contributed by atoms with Crippen LogP contribution >= 0.6 is 0 Å². The van der Waals surface area contributed by atoms with Gasteiger partial charge in [-0.15, -0.1) is 0 Å². The number of hydrogen-bond acceptors (Lipinski definition) is 6. The van der Waals surface area contributed by atoms with Gasteiger partial charge in [0.15, 0.2) is 0 Å². The van der Waals surface area contributed by atoms with Crippen molar-refractivity contribution in [2.75, 3.05) is 0 Å². The largest absolute Gasteiger partial charge is 3.00 e. The Hall–Kier alpha value is -0.435. The molecule has 0 saturated carbocycles. The molecule has 0 rings (SSSR count). The van der Waals surface area contributed by atoms with Crippen LogP contribution < -0.4 is 52.5 Å². The van der Waals surface area contributed by atoms with Crippen LogP contribution in [0.4, 0.5) is 0 Å². The molecule has 2 radical (unpaired) electrons. The van der Waals surface area contributed by atoms with E-state index in [2.05, 4.69) is 57.2 Å². The van der Waals surface area contributed by atoms with Crippen molar-refractivity contribution in [3.05, 3.63) is 36.5 Å². The predicted octanol–water partition coefficient (Wildman–Crippen LogP) is 5.33. The summed E-state index contributed by atoms with van der Waals surface area (Å²) < 4.78 is 0. The van der Waals surface area contributed by atoms with Gasteiger partial charge in [0.25, 0.3) is 0 Å². The minimum atomic E-state index is -0.914. The molecule has 0 N–H and O–H groups in total. The van der Waals surface area contributed by atoms with Crippen molar-refractivity contribution in [3.8, 4) is 0 Å². The third-order valence-electron chi connectivity index (χ3n) is 10.9. The maximum atomic E-state index is 10.2. The molecule has 0 aromatic carbocycles. The second kappa shape index (κ2) is 77.8. The Morgan fingerprint density at radius 1 is 0.262 bits per heavy atom. The fourth-order valence-electron chi connectivity index (χ4n) is 7.02. The summed E-state index contributed by atoms with van der Waals surface area (Å²) in [6.07, 6.45) is 62.7. The number of allylic oxidation sites excluding steroid dienone is 6. The molecule has 0 aliphatic heterocycles. The average molecular weight is 1050 g/mol. The summed E-state index contributed by atoms with van der Waals surface area (Å²) in [5.41, 5.74) is 0. The number of carboxylic acids is 3. The van der Waals surface area contributed by atoms with Gasteiger partial charge in [-0.3, -0.25) is 0 Å². The Kier molecular flexibility index (Phi) is 97.5. The molecular weight excluding hydrogens is 955 g/mol. The number of unbranched alkanes of at least 4 members (excludes halogenated alkanes) is 33. The van der Waals surface area contributed by atoms with E-state index >= 15 is 0 Å². The summed E-state index contributed by atoms with van der Waals surface area (Å²) in [4.78, 5) is 30.6. The molecule has 0 unspecified atom stereocenters. The van der Waals surface area contributed by atoms with Crippen LogP contribution in [-0.2, 0) is 49.1 Å². The van der Waals surface area contributed by atoms with Gasteiger partial charge in [0.1, 0.15) is 0 Å². The summed E-state index contributed by atoms with van der Waals surface area (Å²) in [5.74, 6) is -2.74. The zero-order valence-electron chi connectivity index (χ0n) is 42.1.